The van der Waals surface area contributed by atoms with Gasteiger partial charge in [0.15, 0.2) is 0 Å². The van der Waals surface area contributed by atoms with Crippen LogP contribution >= 0.6 is 0 Å². The summed E-state index contributed by atoms with van der Waals surface area (Å²) in [7, 11) is 1.61. The third-order valence-electron chi connectivity index (χ3n) is 2.21. The van der Waals surface area contributed by atoms with E-state index in [4.69, 9.17) is 4.74 Å². The minimum atomic E-state index is -0.225. The lowest BCUT2D eigenvalue weighted by Gasteiger charge is -2.21. The van der Waals surface area contributed by atoms with E-state index in [1.165, 1.54) is 12.1 Å². The van der Waals surface area contributed by atoms with E-state index in [0.29, 0.717) is 6.54 Å². The Bertz CT molecular complexity index is 395. The van der Waals surface area contributed by atoms with Crippen LogP contribution in [0.2, 0.25) is 0 Å². The molecule has 1 aliphatic rings. The molecule has 0 amide bonds. The molecule has 1 aromatic carbocycles. The van der Waals surface area contributed by atoms with Crippen LogP contribution in [0.15, 0.2) is 42.3 Å². The van der Waals surface area contributed by atoms with E-state index >= 15 is 0 Å². The summed E-state index contributed by atoms with van der Waals surface area (Å²) in [6.07, 6.45) is 6.70. The molecular weight excluding hydrogens is 193 g/mol. The highest BCUT2D eigenvalue weighted by atomic mass is 19.1. The summed E-state index contributed by atoms with van der Waals surface area (Å²) in [6, 6.07) is 6.36. The highest BCUT2D eigenvalue weighted by Crippen LogP contribution is 2.18. The van der Waals surface area contributed by atoms with Crippen LogP contribution in [-0.4, -0.2) is 13.7 Å². The summed E-state index contributed by atoms with van der Waals surface area (Å²) in [6.45, 7) is 0.710. The Balaban J connectivity index is 2.12. The fraction of sp³-hybridized carbons (Fsp3) is 0.167. The van der Waals surface area contributed by atoms with Crippen LogP contribution in [0.1, 0.15) is 0 Å². The fourth-order valence-electron chi connectivity index (χ4n) is 1.39. The van der Waals surface area contributed by atoms with E-state index in [9.17, 15) is 4.39 Å². The summed E-state index contributed by atoms with van der Waals surface area (Å²) in [5, 5.41) is 0. The Labute approximate surface area is 88.3 Å². The van der Waals surface area contributed by atoms with Gasteiger partial charge in [0.1, 0.15) is 11.6 Å². The smallest absolute Gasteiger partial charge is 0.126 e. The summed E-state index contributed by atoms with van der Waals surface area (Å²) in [4.78, 5) is 1.96. The van der Waals surface area contributed by atoms with Crippen molar-refractivity contribution < 1.29 is 9.13 Å². The first-order valence-corrected chi connectivity index (χ1v) is 4.66. The molecule has 1 aliphatic heterocycles. The highest BCUT2D eigenvalue weighted by Gasteiger charge is 2.07. The number of hydrogen-bond donors (Lipinski definition) is 0. The maximum atomic E-state index is 12.7. The van der Waals surface area contributed by atoms with Crippen LogP contribution in [0.4, 0.5) is 10.1 Å². The molecule has 0 N–H and O–H groups in total. The van der Waals surface area contributed by atoms with Crippen molar-refractivity contribution in [3.63, 3.8) is 0 Å². The Kier molecular flexibility index (Phi) is 2.72. The number of methoxy groups -OCH3 is 1. The summed E-state index contributed by atoms with van der Waals surface area (Å²) >= 11 is 0. The van der Waals surface area contributed by atoms with Crippen LogP contribution in [0.25, 0.3) is 0 Å². The number of nitrogens with zero attached hydrogens (tertiary/aromatic N) is 1. The molecule has 0 spiro atoms. The van der Waals surface area contributed by atoms with Gasteiger partial charge in [-0.15, -0.1) is 0 Å². The van der Waals surface area contributed by atoms with Gasteiger partial charge in [-0.25, -0.2) is 4.39 Å². The average Bonchev–Trinajstić information content (AvgIpc) is 2.30. The van der Waals surface area contributed by atoms with Crippen molar-refractivity contribution in [2.75, 3.05) is 18.6 Å². The number of halogens is 1. The van der Waals surface area contributed by atoms with Crippen LogP contribution in [0, 0.1) is 11.9 Å². The Hall–Kier alpha value is -1.77. The van der Waals surface area contributed by atoms with Gasteiger partial charge in [-0.05, 0) is 30.3 Å². The fourth-order valence-corrected chi connectivity index (χ4v) is 1.39. The Morgan fingerprint density at radius 3 is 2.60 bits per heavy atom. The van der Waals surface area contributed by atoms with Gasteiger partial charge in [0.2, 0.25) is 0 Å². The van der Waals surface area contributed by atoms with Crippen molar-refractivity contribution >= 4 is 5.69 Å². The van der Waals surface area contributed by atoms with E-state index in [0.717, 1.165) is 11.4 Å². The van der Waals surface area contributed by atoms with Crippen LogP contribution in [0.3, 0.4) is 0 Å². The predicted octanol–water partition coefficient (Wildman–Crippen LogP) is 2.49. The molecule has 1 aromatic rings. The van der Waals surface area contributed by atoms with Crippen LogP contribution < -0.4 is 4.90 Å². The van der Waals surface area contributed by atoms with Gasteiger partial charge in [-0.1, -0.05) is 0 Å². The van der Waals surface area contributed by atoms with E-state index < -0.39 is 0 Å². The summed E-state index contributed by atoms with van der Waals surface area (Å²) < 4.78 is 17.7. The number of benzene rings is 1. The maximum absolute atomic E-state index is 12.7. The van der Waals surface area contributed by atoms with Crippen molar-refractivity contribution in [3.05, 3.63) is 54.2 Å². The normalized spacial score (nSPS) is 15.1. The van der Waals surface area contributed by atoms with Crippen molar-refractivity contribution in [2.24, 2.45) is 0 Å². The van der Waals surface area contributed by atoms with E-state index in [-0.39, 0.29) is 5.82 Å². The van der Waals surface area contributed by atoms with E-state index in [1.54, 1.807) is 25.4 Å². The quantitative estimate of drug-likeness (QED) is 0.733. The van der Waals surface area contributed by atoms with Gasteiger partial charge in [0, 0.05) is 24.5 Å². The van der Waals surface area contributed by atoms with Crippen molar-refractivity contribution in [2.45, 2.75) is 0 Å². The lowest BCUT2D eigenvalue weighted by atomic mass is 10.2. The zero-order valence-corrected chi connectivity index (χ0v) is 8.40. The van der Waals surface area contributed by atoms with Crippen LogP contribution in [0.5, 0.6) is 0 Å². The lowest BCUT2D eigenvalue weighted by molar-refractivity contribution is 0.301. The van der Waals surface area contributed by atoms with Crippen molar-refractivity contribution in [1.82, 2.24) is 0 Å². The van der Waals surface area contributed by atoms with Gasteiger partial charge in [0.05, 0.1) is 7.11 Å². The molecular formula is C12H11FNO. The maximum Gasteiger partial charge on any atom is 0.126 e. The number of rotatable bonds is 2. The van der Waals surface area contributed by atoms with Gasteiger partial charge >= 0.3 is 0 Å². The molecule has 0 atom stereocenters. The average molecular weight is 204 g/mol. The highest BCUT2D eigenvalue weighted by molar-refractivity contribution is 5.51. The molecule has 0 bridgehead atoms. The molecule has 0 saturated carbocycles. The number of ether oxygens (including phenoxy) is 1. The van der Waals surface area contributed by atoms with E-state index in [1.807, 2.05) is 11.0 Å². The van der Waals surface area contributed by atoms with Crippen LogP contribution in [-0.2, 0) is 4.74 Å². The molecule has 1 heterocycles. The molecule has 77 valence electrons. The molecule has 2 nitrogen and oxygen atoms in total. The number of anilines is 1. The molecule has 15 heavy (non-hydrogen) atoms. The first-order valence-electron chi connectivity index (χ1n) is 4.66. The summed E-state index contributed by atoms with van der Waals surface area (Å²) in [5.74, 6) is 0.505. The predicted molar refractivity (Wildman–Crippen MR) is 56.7 cm³/mol. The minimum Gasteiger partial charge on any atom is -0.496 e. The second-order valence-electron chi connectivity index (χ2n) is 3.17. The number of allylic oxidation sites excluding steroid dienone is 1. The standard InChI is InChI=1S/C12H11FNO/c1-15-12-6-8-14(9-7-12)11-4-2-10(13)3-5-11/h2-6,9H,8H2,1H3. The zero-order valence-electron chi connectivity index (χ0n) is 8.40. The minimum absolute atomic E-state index is 0.225. The second-order valence-corrected chi connectivity index (χ2v) is 3.17. The van der Waals surface area contributed by atoms with Crippen molar-refractivity contribution in [1.29, 1.82) is 0 Å². The largest absolute Gasteiger partial charge is 0.496 e. The first-order chi connectivity index (χ1) is 7.29. The lowest BCUT2D eigenvalue weighted by Crippen LogP contribution is -2.19. The Morgan fingerprint density at radius 1 is 1.33 bits per heavy atom. The van der Waals surface area contributed by atoms with Crippen molar-refractivity contribution in [3.8, 4) is 0 Å². The molecule has 0 fully saturated rings. The first kappa shape index (κ1) is 9.77. The monoisotopic (exact) mass is 204 g/mol. The zero-order chi connectivity index (χ0) is 10.7. The van der Waals surface area contributed by atoms with Gasteiger partial charge in [-0.3, -0.25) is 0 Å². The molecule has 0 saturated heterocycles. The van der Waals surface area contributed by atoms with Gasteiger partial charge in [0.25, 0.3) is 0 Å². The van der Waals surface area contributed by atoms with E-state index in [2.05, 4.69) is 6.08 Å². The van der Waals surface area contributed by atoms with Gasteiger partial charge in [-0.2, -0.15) is 0 Å². The SMILES string of the molecule is COC1=CCN(c2ccc(F)cc2)C=[C]1. The topological polar surface area (TPSA) is 12.5 Å². The van der Waals surface area contributed by atoms with Gasteiger partial charge < -0.3 is 9.64 Å². The third-order valence-corrected chi connectivity index (χ3v) is 2.21. The second kappa shape index (κ2) is 4.17. The molecule has 0 aromatic heterocycles. The Morgan fingerprint density at radius 2 is 2.07 bits per heavy atom. The summed E-state index contributed by atoms with van der Waals surface area (Å²) in [5.41, 5.74) is 0.940. The number of hydrogen-bond acceptors (Lipinski definition) is 2. The molecule has 1 radical (unpaired) electrons. The molecule has 3 heteroatoms. The molecule has 2 rings (SSSR count). The molecule has 0 aliphatic carbocycles. The third kappa shape index (κ3) is 2.18. The molecule has 0 unspecified atom stereocenters.